The van der Waals surface area contributed by atoms with Crippen LogP contribution in [0.4, 0.5) is 10.1 Å². The van der Waals surface area contributed by atoms with Crippen LogP contribution in [0.1, 0.15) is 31.0 Å². The average Bonchev–Trinajstić information content (AvgIpc) is 2.72. The molecule has 0 radical (unpaired) electrons. The van der Waals surface area contributed by atoms with Gasteiger partial charge in [0.15, 0.2) is 5.17 Å². The minimum atomic E-state index is -0.462. The molecule has 0 bridgehead atoms. The van der Waals surface area contributed by atoms with Gasteiger partial charge in [0, 0.05) is 31.2 Å². The smallest absolute Gasteiger partial charge is 0.338 e. The van der Waals surface area contributed by atoms with Crippen LogP contribution in [-0.4, -0.2) is 31.8 Å². The number of hydrogen-bond acceptors (Lipinski definition) is 6. The second-order valence-electron chi connectivity index (χ2n) is 7.13. The van der Waals surface area contributed by atoms with Crippen LogP contribution in [0.5, 0.6) is 0 Å². The van der Waals surface area contributed by atoms with E-state index < -0.39 is 6.04 Å². The maximum absolute atomic E-state index is 13.5. The van der Waals surface area contributed by atoms with E-state index in [2.05, 4.69) is 5.32 Å². The van der Waals surface area contributed by atoms with Gasteiger partial charge in [-0.2, -0.15) is 0 Å². The summed E-state index contributed by atoms with van der Waals surface area (Å²) in [5.41, 5.74) is 4.06. The Bertz CT molecular complexity index is 971. The molecule has 5 nitrogen and oxygen atoms in total. The summed E-state index contributed by atoms with van der Waals surface area (Å²) in [6.45, 7) is 3.94. The number of ether oxygens (including phenoxy) is 1. The standard InChI is InChI=1S/C23H26FN3O2S/c1-5-29-22(28)20-15(2)25-23(30-14-16-7-6-8-18(24)13-16)26-21(20)17-9-11-19(12-10-17)27(3)4/h6-13,21H,5,14H2,1-4H3,(H,25,26)/t21-/m1/s1. The molecule has 0 unspecified atom stereocenters. The highest BCUT2D eigenvalue weighted by atomic mass is 32.2. The van der Waals surface area contributed by atoms with Gasteiger partial charge >= 0.3 is 5.97 Å². The first-order valence-corrected chi connectivity index (χ1v) is 10.7. The normalized spacial score (nSPS) is 16.0. The number of esters is 1. The van der Waals surface area contributed by atoms with E-state index in [1.165, 1.54) is 23.9 Å². The Morgan fingerprint density at radius 2 is 1.97 bits per heavy atom. The summed E-state index contributed by atoms with van der Waals surface area (Å²) in [7, 11) is 3.96. The Kier molecular flexibility index (Phi) is 7.15. The average molecular weight is 428 g/mol. The first kappa shape index (κ1) is 21.9. The van der Waals surface area contributed by atoms with Gasteiger partial charge in [-0.3, -0.25) is 0 Å². The maximum Gasteiger partial charge on any atom is 0.338 e. The largest absolute Gasteiger partial charge is 0.463 e. The number of carbonyl (C=O) groups is 1. The quantitative estimate of drug-likeness (QED) is 0.680. The van der Waals surface area contributed by atoms with Gasteiger partial charge in [0.2, 0.25) is 0 Å². The number of aliphatic imine (C=N–C) groups is 1. The Morgan fingerprint density at radius 1 is 1.23 bits per heavy atom. The van der Waals surface area contributed by atoms with Crippen LogP contribution in [0.2, 0.25) is 0 Å². The summed E-state index contributed by atoms with van der Waals surface area (Å²) in [6.07, 6.45) is 0. The molecule has 0 spiro atoms. The summed E-state index contributed by atoms with van der Waals surface area (Å²) >= 11 is 1.47. The molecule has 0 aliphatic carbocycles. The number of amidine groups is 1. The third-order valence-corrected chi connectivity index (χ3v) is 5.66. The summed E-state index contributed by atoms with van der Waals surface area (Å²) in [5.74, 6) is -0.0639. The molecule has 30 heavy (non-hydrogen) atoms. The van der Waals surface area contributed by atoms with Gasteiger partial charge in [-0.1, -0.05) is 36.0 Å². The SMILES string of the molecule is CCOC(=O)C1=C(C)NC(SCc2cccc(F)c2)=N[C@@H]1c1ccc(N(C)C)cc1. The lowest BCUT2D eigenvalue weighted by Gasteiger charge is -2.26. The van der Waals surface area contributed by atoms with Crippen LogP contribution in [-0.2, 0) is 15.3 Å². The Labute approximate surface area is 181 Å². The maximum atomic E-state index is 13.5. The van der Waals surface area contributed by atoms with E-state index >= 15 is 0 Å². The Balaban J connectivity index is 1.89. The fraction of sp³-hybridized carbons (Fsp3) is 0.304. The molecule has 0 saturated carbocycles. The van der Waals surface area contributed by atoms with E-state index in [-0.39, 0.29) is 11.8 Å². The third-order valence-electron chi connectivity index (χ3n) is 4.70. The van der Waals surface area contributed by atoms with Crippen molar-refractivity contribution in [2.45, 2.75) is 25.6 Å². The molecule has 0 saturated heterocycles. The van der Waals surface area contributed by atoms with Crippen LogP contribution in [0, 0.1) is 5.82 Å². The zero-order chi connectivity index (χ0) is 21.7. The van der Waals surface area contributed by atoms with Gasteiger partial charge in [-0.05, 0) is 49.2 Å². The summed E-state index contributed by atoms with van der Waals surface area (Å²) in [4.78, 5) is 19.5. The zero-order valence-electron chi connectivity index (χ0n) is 17.6. The highest BCUT2D eigenvalue weighted by molar-refractivity contribution is 8.13. The molecular weight excluding hydrogens is 401 g/mol. The number of thioether (sulfide) groups is 1. The van der Waals surface area contributed by atoms with E-state index in [9.17, 15) is 9.18 Å². The lowest BCUT2D eigenvalue weighted by atomic mass is 9.96. The molecule has 2 aromatic carbocycles. The number of rotatable bonds is 6. The van der Waals surface area contributed by atoms with Gasteiger partial charge < -0.3 is 15.0 Å². The van der Waals surface area contributed by atoms with Crippen molar-refractivity contribution in [3.63, 3.8) is 0 Å². The molecule has 1 atom stereocenters. The van der Waals surface area contributed by atoms with E-state index in [1.54, 1.807) is 13.0 Å². The highest BCUT2D eigenvalue weighted by Crippen LogP contribution is 2.34. The fourth-order valence-corrected chi connectivity index (χ4v) is 4.06. The number of anilines is 1. The predicted octanol–water partition coefficient (Wildman–Crippen LogP) is 4.66. The molecule has 0 aromatic heterocycles. The van der Waals surface area contributed by atoms with Crippen molar-refractivity contribution in [3.8, 4) is 0 Å². The van der Waals surface area contributed by atoms with Gasteiger partial charge in [-0.25, -0.2) is 14.2 Å². The number of halogens is 1. The molecule has 1 aliphatic rings. The van der Waals surface area contributed by atoms with Gasteiger partial charge in [0.25, 0.3) is 0 Å². The number of nitrogens with one attached hydrogen (secondary N) is 1. The van der Waals surface area contributed by atoms with Crippen LogP contribution >= 0.6 is 11.8 Å². The van der Waals surface area contributed by atoms with Gasteiger partial charge in [0.1, 0.15) is 11.9 Å². The number of allylic oxidation sites excluding steroid dienone is 1. The van der Waals surface area contributed by atoms with E-state index in [0.717, 1.165) is 16.8 Å². The molecule has 158 valence electrons. The molecule has 7 heteroatoms. The molecular formula is C23H26FN3O2S. The number of benzene rings is 2. The van der Waals surface area contributed by atoms with Crippen LogP contribution in [0.25, 0.3) is 0 Å². The van der Waals surface area contributed by atoms with Crippen molar-refractivity contribution in [3.05, 3.63) is 76.7 Å². The van der Waals surface area contributed by atoms with Crippen molar-refractivity contribution in [1.29, 1.82) is 0 Å². The predicted molar refractivity (Wildman–Crippen MR) is 121 cm³/mol. The van der Waals surface area contributed by atoms with Gasteiger partial charge in [-0.15, -0.1) is 0 Å². The van der Waals surface area contributed by atoms with Crippen LogP contribution in [0.3, 0.4) is 0 Å². The second kappa shape index (κ2) is 9.80. The lowest BCUT2D eigenvalue weighted by Crippen LogP contribution is -2.30. The van der Waals surface area contributed by atoms with Crippen molar-refractivity contribution in [2.75, 3.05) is 25.6 Å². The van der Waals surface area contributed by atoms with Crippen molar-refractivity contribution in [2.24, 2.45) is 4.99 Å². The monoisotopic (exact) mass is 427 g/mol. The summed E-state index contributed by atoms with van der Waals surface area (Å²) in [6, 6.07) is 14.0. The molecule has 0 amide bonds. The fourth-order valence-electron chi connectivity index (χ4n) is 3.17. The highest BCUT2D eigenvalue weighted by Gasteiger charge is 2.30. The molecule has 2 aromatic rings. The zero-order valence-corrected chi connectivity index (χ0v) is 18.4. The minimum Gasteiger partial charge on any atom is -0.463 e. The van der Waals surface area contributed by atoms with Crippen molar-refractivity contribution in [1.82, 2.24) is 5.32 Å². The van der Waals surface area contributed by atoms with Crippen LogP contribution < -0.4 is 10.2 Å². The number of hydrogen-bond donors (Lipinski definition) is 1. The van der Waals surface area contributed by atoms with E-state index in [1.807, 2.05) is 56.3 Å². The number of carbonyl (C=O) groups excluding carboxylic acids is 1. The van der Waals surface area contributed by atoms with Crippen molar-refractivity contribution < 1.29 is 13.9 Å². The lowest BCUT2D eigenvalue weighted by molar-refractivity contribution is -0.138. The topological polar surface area (TPSA) is 53.9 Å². The van der Waals surface area contributed by atoms with Crippen molar-refractivity contribution >= 4 is 28.6 Å². The Morgan fingerprint density at radius 3 is 2.60 bits per heavy atom. The third kappa shape index (κ3) is 5.21. The Hall–Kier alpha value is -2.80. The van der Waals surface area contributed by atoms with E-state index in [4.69, 9.17) is 9.73 Å². The first-order valence-electron chi connectivity index (χ1n) is 9.76. The molecule has 0 fully saturated rings. The van der Waals surface area contributed by atoms with Crippen LogP contribution in [0.15, 0.2) is 64.8 Å². The first-order chi connectivity index (χ1) is 14.4. The molecule has 1 heterocycles. The summed E-state index contributed by atoms with van der Waals surface area (Å²) in [5, 5.41) is 3.90. The van der Waals surface area contributed by atoms with Gasteiger partial charge in [0.05, 0.1) is 12.2 Å². The summed E-state index contributed by atoms with van der Waals surface area (Å²) < 4.78 is 18.7. The molecule has 1 N–H and O–H groups in total. The number of nitrogens with zero attached hydrogens (tertiary/aromatic N) is 2. The minimum absolute atomic E-state index is 0.258. The second-order valence-corrected chi connectivity index (χ2v) is 8.09. The van der Waals surface area contributed by atoms with E-state index in [0.29, 0.717) is 28.8 Å². The molecule has 1 aliphatic heterocycles. The molecule has 3 rings (SSSR count).